The van der Waals surface area contributed by atoms with Crippen molar-refractivity contribution < 1.29 is 37.4 Å². The Bertz CT molecular complexity index is 1230. The van der Waals surface area contributed by atoms with E-state index in [0.717, 1.165) is 0 Å². The van der Waals surface area contributed by atoms with Gasteiger partial charge in [-0.3, -0.25) is 0 Å². The molecule has 0 aromatic heterocycles. The number of halogens is 3. The number of benzene rings is 2. The lowest BCUT2D eigenvalue weighted by molar-refractivity contribution is 0.0501. The van der Waals surface area contributed by atoms with Crippen LogP contribution in [0.4, 0.5) is 13.6 Å². The molecule has 0 bridgehead atoms. The van der Waals surface area contributed by atoms with Crippen LogP contribution >= 0.6 is 11.8 Å². The molecule has 4 rings (SSSR count). The summed E-state index contributed by atoms with van der Waals surface area (Å²) >= 11 is 5.54. The number of hydrogen-bond acceptors (Lipinski definition) is 7. The van der Waals surface area contributed by atoms with Crippen molar-refractivity contribution in [1.82, 2.24) is 10.2 Å². The number of hydrogen-bond donors (Lipinski definition) is 2. The molecule has 40 heavy (non-hydrogen) atoms. The Balaban J connectivity index is 0.000000397. The Labute approximate surface area is 239 Å². The predicted molar refractivity (Wildman–Crippen MR) is 149 cm³/mol. The molecule has 2 aromatic rings. The van der Waals surface area contributed by atoms with Gasteiger partial charge in [0.25, 0.3) is 0 Å². The minimum absolute atomic E-state index is 0. The molecule has 2 aliphatic carbocycles. The molecular formula is C29H39ClF2N2O6. The van der Waals surface area contributed by atoms with Crippen LogP contribution in [0.3, 0.4) is 0 Å². The van der Waals surface area contributed by atoms with Crippen LogP contribution in [-0.4, -0.2) is 37.9 Å². The number of esters is 2. The molecular weight excluding hydrogens is 546 g/mol. The van der Waals surface area contributed by atoms with Gasteiger partial charge in [0.2, 0.25) is 0 Å². The van der Waals surface area contributed by atoms with Gasteiger partial charge in [0.05, 0.1) is 37.4 Å². The summed E-state index contributed by atoms with van der Waals surface area (Å²) in [5.74, 6) is -1.72. The van der Waals surface area contributed by atoms with Crippen molar-refractivity contribution >= 4 is 29.8 Å². The van der Waals surface area contributed by atoms with E-state index < -0.39 is 35.5 Å². The van der Waals surface area contributed by atoms with E-state index in [-0.39, 0.29) is 26.7 Å². The van der Waals surface area contributed by atoms with Gasteiger partial charge in [0.1, 0.15) is 17.2 Å². The first-order valence-corrected chi connectivity index (χ1v) is 12.4. The summed E-state index contributed by atoms with van der Waals surface area (Å²) in [6, 6.07) is 4.63. The van der Waals surface area contributed by atoms with Crippen molar-refractivity contribution in [3.8, 4) is 0 Å². The van der Waals surface area contributed by atoms with Crippen LogP contribution in [0.15, 0.2) is 24.3 Å². The second-order valence-corrected chi connectivity index (χ2v) is 10.1. The highest BCUT2D eigenvalue weighted by Gasteiger charge is 2.32. The minimum atomic E-state index is -0.627. The molecule has 2 atom stereocenters. The zero-order valence-corrected chi connectivity index (χ0v) is 22.6. The molecule has 222 valence electrons. The van der Waals surface area contributed by atoms with Gasteiger partial charge in [0.15, 0.2) is 0 Å². The smallest absolute Gasteiger partial charge is 0.408 e. The first-order valence-electron chi connectivity index (χ1n) is 12.1. The van der Waals surface area contributed by atoms with Crippen LogP contribution in [0, 0.1) is 11.6 Å². The Morgan fingerprint density at radius 3 is 1.65 bits per heavy atom. The van der Waals surface area contributed by atoms with Crippen molar-refractivity contribution in [2.24, 2.45) is 0 Å². The molecule has 0 saturated heterocycles. The van der Waals surface area contributed by atoms with E-state index in [9.17, 15) is 23.2 Å². The predicted octanol–water partition coefficient (Wildman–Crippen LogP) is 6.74. The molecule has 0 fully saturated rings. The van der Waals surface area contributed by atoms with Crippen molar-refractivity contribution in [3.63, 3.8) is 0 Å². The Morgan fingerprint density at radius 1 is 0.825 bits per heavy atom. The van der Waals surface area contributed by atoms with Gasteiger partial charge < -0.3 is 19.5 Å². The number of methoxy groups -OCH3 is 2. The van der Waals surface area contributed by atoms with Crippen LogP contribution in [0.2, 0.25) is 0 Å². The van der Waals surface area contributed by atoms with Crippen molar-refractivity contribution in [1.29, 1.82) is 0 Å². The molecule has 2 aliphatic rings. The number of carbonyl (C=O) groups is 3. The lowest BCUT2D eigenvalue weighted by Crippen LogP contribution is -2.34. The molecule has 0 unspecified atom stereocenters. The van der Waals surface area contributed by atoms with Gasteiger partial charge in [0, 0.05) is 11.1 Å². The maximum Gasteiger partial charge on any atom is 0.408 e. The third kappa shape index (κ3) is 7.69. The number of nitrogens with one attached hydrogen (secondary N) is 2. The van der Waals surface area contributed by atoms with Gasteiger partial charge in [-0.25, -0.2) is 28.0 Å². The normalized spacial score (nSPS) is 16.6. The number of amides is 1. The first-order chi connectivity index (χ1) is 17.9. The van der Waals surface area contributed by atoms with Crippen LogP contribution in [0.25, 0.3) is 0 Å². The van der Waals surface area contributed by atoms with Crippen LogP contribution in [0.1, 0.15) is 104 Å². The number of carbonyl (C=O) groups excluding carboxylic acids is 3. The topological polar surface area (TPSA) is 103 Å². The minimum Gasteiger partial charge on any atom is -0.465 e. The number of ether oxygens (including phenoxy) is 3. The lowest BCUT2D eigenvalue weighted by atomic mass is 10.0. The second-order valence-electron chi connectivity index (χ2n) is 9.90. The Morgan fingerprint density at radius 2 is 1.25 bits per heavy atom. The number of fused-ring (bicyclic) bond motifs is 2. The molecule has 0 aliphatic heterocycles. The summed E-state index contributed by atoms with van der Waals surface area (Å²) in [5, 5.41) is 2.66. The fourth-order valence-corrected chi connectivity index (χ4v) is 4.95. The summed E-state index contributed by atoms with van der Waals surface area (Å²) in [6.45, 7) is 5.27. The van der Waals surface area contributed by atoms with Gasteiger partial charge in [-0.05, 0) is 93.6 Å². The molecule has 0 heterocycles. The summed E-state index contributed by atoms with van der Waals surface area (Å²) < 4.78 is 42.3. The Kier molecular flexibility index (Phi) is 12.5. The third-order valence-electron chi connectivity index (χ3n) is 6.30. The van der Waals surface area contributed by atoms with Gasteiger partial charge in [-0.15, -0.1) is 0 Å². The average Bonchev–Trinajstić information content (AvgIpc) is 3.48. The standard InChI is InChI=1S/C16H20FNO4.C11H11ClFNO2.2CH4/c1-16(2,3)22-15(20)18-12-8-6-9-10(14(19)21-4)5-7-11(17)13(9)12;1-16-11(15)7-2-4-8(13)10-6(7)3-5-9(10)14-12;;/h5,7,12H,6,8H2,1-4H3,(H,18,20);2,4,9,14H,3,5H2,1H3;2*1H4/t12-;9-;;/m00../s1. The highest BCUT2D eigenvalue weighted by atomic mass is 35.5. The Hall–Kier alpha value is -3.24. The van der Waals surface area contributed by atoms with Crippen molar-refractivity contribution in [3.05, 3.63) is 69.3 Å². The highest BCUT2D eigenvalue weighted by Crippen LogP contribution is 2.37. The van der Waals surface area contributed by atoms with Crippen LogP contribution < -0.4 is 10.2 Å². The summed E-state index contributed by atoms with van der Waals surface area (Å²) in [6.07, 6.45) is 1.72. The molecule has 1 amide bonds. The molecule has 0 spiro atoms. The molecule has 2 aromatic carbocycles. The van der Waals surface area contributed by atoms with E-state index in [1.807, 2.05) is 0 Å². The highest BCUT2D eigenvalue weighted by molar-refractivity contribution is 6.13. The maximum absolute atomic E-state index is 14.1. The largest absolute Gasteiger partial charge is 0.465 e. The SMILES string of the molecule is C.C.COC(=O)c1ccc(F)c2c1CC[C@@H]2NC(=O)OC(C)(C)C.COC(=O)c1ccc(F)c2c1CC[C@@H]2NCl. The monoisotopic (exact) mass is 584 g/mol. The average molecular weight is 585 g/mol. The van der Waals surface area contributed by atoms with Crippen molar-refractivity contribution in [2.75, 3.05) is 14.2 Å². The van der Waals surface area contributed by atoms with Gasteiger partial charge in [-0.1, -0.05) is 14.9 Å². The van der Waals surface area contributed by atoms with Gasteiger partial charge in [-0.2, -0.15) is 0 Å². The van der Waals surface area contributed by atoms with E-state index in [0.29, 0.717) is 59.1 Å². The van der Waals surface area contributed by atoms with E-state index in [1.54, 1.807) is 20.8 Å². The quantitative estimate of drug-likeness (QED) is 0.233. The third-order valence-corrected chi connectivity index (χ3v) is 6.57. The van der Waals surface area contributed by atoms with E-state index in [1.165, 1.54) is 38.5 Å². The van der Waals surface area contributed by atoms with E-state index in [4.69, 9.17) is 21.3 Å². The lowest BCUT2D eigenvalue weighted by Gasteiger charge is -2.22. The summed E-state index contributed by atoms with van der Waals surface area (Å²) in [4.78, 5) is 37.6. The molecule has 8 nitrogen and oxygen atoms in total. The van der Waals surface area contributed by atoms with Gasteiger partial charge >= 0.3 is 18.0 Å². The number of alkyl carbamates (subject to hydrolysis) is 1. The molecule has 2 N–H and O–H groups in total. The summed E-state index contributed by atoms with van der Waals surface area (Å²) in [5.41, 5.74) is 2.25. The van der Waals surface area contributed by atoms with Crippen molar-refractivity contribution in [2.45, 2.75) is 79.0 Å². The molecule has 11 heteroatoms. The summed E-state index contributed by atoms with van der Waals surface area (Å²) in [7, 11) is 2.59. The van der Waals surface area contributed by atoms with E-state index in [2.05, 4.69) is 14.9 Å². The fraction of sp³-hybridized carbons (Fsp3) is 0.483. The second kappa shape index (κ2) is 14.4. The van der Waals surface area contributed by atoms with Crippen LogP contribution in [-0.2, 0) is 27.1 Å². The number of rotatable bonds is 4. The molecule has 0 radical (unpaired) electrons. The zero-order chi connectivity index (χ0) is 28.2. The zero-order valence-electron chi connectivity index (χ0n) is 21.9. The maximum atomic E-state index is 14.1. The first kappa shape index (κ1) is 34.8. The molecule has 0 saturated carbocycles. The fourth-order valence-electron chi connectivity index (χ4n) is 4.74. The van der Waals surface area contributed by atoms with Crippen LogP contribution in [0.5, 0.6) is 0 Å². The van der Waals surface area contributed by atoms with E-state index >= 15 is 0 Å².